The number of hydrazone groups is 1. The van der Waals surface area contributed by atoms with Gasteiger partial charge in [0, 0.05) is 6.42 Å². The summed E-state index contributed by atoms with van der Waals surface area (Å²) in [6.07, 6.45) is 2.18. The molecule has 0 saturated carbocycles. The number of amides is 1. The van der Waals surface area contributed by atoms with Gasteiger partial charge in [-0.1, -0.05) is 30.0 Å². The number of furan rings is 1. The highest BCUT2D eigenvalue weighted by molar-refractivity contribution is 7.99. The lowest BCUT2D eigenvalue weighted by Gasteiger charge is -2.19. The Bertz CT molecular complexity index is 1360. The molecule has 0 radical (unpaired) electrons. The van der Waals surface area contributed by atoms with E-state index in [1.54, 1.807) is 13.4 Å². The first-order valence-electron chi connectivity index (χ1n) is 11.2. The number of ether oxygens (including phenoxy) is 1. The minimum Gasteiger partial charge on any atom is -0.497 e. The first kappa shape index (κ1) is 22.9. The fourth-order valence-corrected chi connectivity index (χ4v) is 4.96. The Balaban J connectivity index is 1.38. The van der Waals surface area contributed by atoms with E-state index in [2.05, 4.69) is 10.2 Å². The Kier molecular flexibility index (Phi) is 6.41. The van der Waals surface area contributed by atoms with E-state index >= 15 is 0 Å². The van der Waals surface area contributed by atoms with E-state index < -0.39 is 0 Å². The molecule has 0 bridgehead atoms. The monoisotopic (exact) mass is 487 g/mol. The van der Waals surface area contributed by atoms with Crippen molar-refractivity contribution < 1.29 is 13.9 Å². The van der Waals surface area contributed by atoms with Gasteiger partial charge in [0.05, 0.1) is 30.5 Å². The molecule has 1 atom stereocenters. The molecule has 1 aliphatic heterocycles. The van der Waals surface area contributed by atoms with Crippen molar-refractivity contribution in [1.29, 1.82) is 0 Å². The molecule has 1 aliphatic rings. The SMILES string of the molecule is COc1ccc(C2=NN(C(=O)CSc3nnc(C)n3-c3ccccc3C)[C@H](c3ccco3)C2)cc1. The molecule has 178 valence electrons. The summed E-state index contributed by atoms with van der Waals surface area (Å²) < 4.78 is 12.9. The summed E-state index contributed by atoms with van der Waals surface area (Å²) in [5.74, 6) is 2.28. The topological polar surface area (TPSA) is 85.8 Å². The van der Waals surface area contributed by atoms with Crippen LogP contribution in [0, 0.1) is 13.8 Å². The van der Waals surface area contributed by atoms with Gasteiger partial charge in [0.2, 0.25) is 0 Å². The van der Waals surface area contributed by atoms with Gasteiger partial charge >= 0.3 is 0 Å². The van der Waals surface area contributed by atoms with Crippen molar-refractivity contribution in [1.82, 2.24) is 19.8 Å². The number of carbonyl (C=O) groups is 1. The molecule has 0 unspecified atom stereocenters. The molecule has 8 nitrogen and oxygen atoms in total. The highest BCUT2D eigenvalue weighted by Crippen LogP contribution is 2.34. The number of para-hydroxylation sites is 1. The van der Waals surface area contributed by atoms with E-state index in [1.807, 2.05) is 79.1 Å². The van der Waals surface area contributed by atoms with Gasteiger partial charge in [-0.05, 0) is 67.4 Å². The smallest absolute Gasteiger partial charge is 0.253 e. The van der Waals surface area contributed by atoms with Crippen molar-refractivity contribution in [2.24, 2.45) is 5.10 Å². The van der Waals surface area contributed by atoms with E-state index in [0.29, 0.717) is 17.3 Å². The largest absolute Gasteiger partial charge is 0.497 e. The van der Waals surface area contributed by atoms with Gasteiger partial charge in [-0.2, -0.15) is 5.10 Å². The van der Waals surface area contributed by atoms with Gasteiger partial charge in [-0.15, -0.1) is 10.2 Å². The second kappa shape index (κ2) is 9.79. The molecule has 2 aromatic heterocycles. The number of thioether (sulfide) groups is 1. The van der Waals surface area contributed by atoms with E-state index in [0.717, 1.165) is 34.1 Å². The zero-order valence-electron chi connectivity index (χ0n) is 19.7. The van der Waals surface area contributed by atoms with Crippen LogP contribution in [0.15, 0.2) is 81.6 Å². The third kappa shape index (κ3) is 4.59. The predicted molar refractivity (Wildman–Crippen MR) is 134 cm³/mol. The summed E-state index contributed by atoms with van der Waals surface area (Å²) in [5, 5.41) is 15.5. The van der Waals surface area contributed by atoms with E-state index in [-0.39, 0.29) is 17.7 Å². The molecule has 2 aromatic carbocycles. The van der Waals surface area contributed by atoms with Crippen LogP contribution in [-0.2, 0) is 4.79 Å². The standard InChI is InChI=1S/C26H25N5O3S/c1-17-7-4-5-8-22(17)30-18(2)27-28-26(30)35-16-25(32)31-23(24-9-6-14-34-24)15-21(29-31)19-10-12-20(33-3)13-11-19/h4-14,23H,15-16H2,1-3H3/t23-/m0/s1. The molecule has 0 aliphatic carbocycles. The Hall–Kier alpha value is -3.85. The third-order valence-corrected chi connectivity index (χ3v) is 6.85. The average molecular weight is 488 g/mol. The van der Waals surface area contributed by atoms with E-state index in [9.17, 15) is 4.79 Å². The maximum Gasteiger partial charge on any atom is 0.253 e. The molecular weight excluding hydrogens is 462 g/mol. The summed E-state index contributed by atoms with van der Waals surface area (Å²) in [5.41, 5.74) is 3.88. The normalized spacial score (nSPS) is 15.3. The van der Waals surface area contributed by atoms with Crippen molar-refractivity contribution in [3.05, 3.63) is 89.6 Å². The molecule has 35 heavy (non-hydrogen) atoms. The molecule has 0 N–H and O–H groups in total. The minimum atomic E-state index is -0.300. The molecule has 9 heteroatoms. The maximum absolute atomic E-state index is 13.4. The van der Waals surface area contributed by atoms with Gasteiger partial charge in [0.25, 0.3) is 5.91 Å². The van der Waals surface area contributed by atoms with Gasteiger partial charge in [0.1, 0.15) is 23.4 Å². The van der Waals surface area contributed by atoms with Crippen LogP contribution in [-0.4, -0.2) is 44.3 Å². The number of benzene rings is 2. The average Bonchev–Trinajstić information content (AvgIpc) is 3.63. The highest BCUT2D eigenvalue weighted by Gasteiger charge is 2.35. The van der Waals surface area contributed by atoms with Gasteiger partial charge in [-0.3, -0.25) is 9.36 Å². The molecule has 5 rings (SSSR count). The fourth-order valence-electron chi connectivity index (χ4n) is 4.12. The molecule has 3 heterocycles. The van der Waals surface area contributed by atoms with Gasteiger partial charge in [-0.25, -0.2) is 5.01 Å². The number of aryl methyl sites for hydroxylation is 2. The van der Waals surface area contributed by atoms with Crippen LogP contribution in [0.1, 0.15) is 35.2 Å². The molecule has 0 fully saturated rings. The first-order chi connectivity index (χ1) is 17.0. The number of carbonyl (C=O) groups excluding carboxylic acids is 1. The zero-order chi connectivity index (χ0) is 24.4. The summed E-state index contributed by atoms with van der Waals surface area (Å²) in [6, 6.07) is 19.1. The summed E-state index contributed by atoms with van der Waals surface area (Å²) in [6.45, 7) is 3.95. The van der Waals surface area contributed by atoms with Crippen LogP contribution in [0.2, 0.25) is 0 Å². The predicted octanol–water partition coefficient (Wildman–Crippen LogP) is 4.96. The zero-order valence-corrected chi connectivity index (χ0v) is 20.5. The highest BCUT2D eigenvalue weighted by atomic mass is 32.2. The number of hydrogen-bond donors (Lipinski definition) is 0. The Morgan fingerprint density at radius 3 is 2.60 bits per heavy atom. The van der Waals surface area contributed by atoms with Crippen LogP contribution in [0.25, 0.3) is 5.69 Å². The number of nitrogens with zero attached hydrogens (tertiary/aromatic N) is 5. The molecule has 4 aromatic rings. The lowest BCUT2D eigenvalue weighted by molar-refractivity contribution is -0.130. The van der Waals surface area contributed by atoms with Crippen molar-refractivity contribution in [3.8, 4) is 11.4 Å². The number of aromatic nitrogens is 3. The molecule has 0 spiro atoms. The van der Waals surface area contributed by atoms with Gasteiger partial charge in [0.15, 0.2) is 5.16 Å². The second-order valence-corrected chi connectivity index (χ2v) is 9.13. The van der Waals surface area contributed by atoms with Crippen LogP contribution in [0.4, 0.5) is 0 Å². The first-order valence-corrected chi connectivity index (χ1v) is 12.2. The van der Waals surface area contributed by atoms with Gasteiger partial charge < -0.3 is 9.15 Å². The Labute approximate surface area is 207 Å². The van der Waals surface area contributed by atoms with Crippen LogP contribution >= 0.6 is 11.8 Å². The van der Waals surface area contributed by atoms with E-state index in [4.69, 9.17) is 14.3 Å². The van der Waals surface area contributed by atoms with E-state index in [1.165, 1.54) is 16.8 Å². The minimum absolute atomic E-state index is 0.128. The van der Waals surface area contributed by atoms with Crippen molar-refractivity contribution in [2.45, 2.75) is 31.5 Å². The van der Waals surface area contributed by atoms with Crippen LogP contribution < -0.4 is 4.74 Å². The molecule has 0 saturated heterocycles. The summed E-state index contributed by atoms with van der Waals surface area (Å²) in [4.78, 5) is 13.4. The second-order valence-electron chi connectivity index (χ2n) is 8.19. The lowest BCUT2D eigenvalue weighted by atomic mass is 10.0. The molecular formula is C26H25N5O3S. The third-order valence-electron chi connectivity index (χ3n) is 5.94. The number of methoxy groups -OCH3 is 1. The summed E-state index contributed by atoms with van der Waals surface area (Å²) >= 11 is 1.35. The quantitative estimate of drug-likeness (QED) is 0.343. The Morgan fingerprint density at radius 1 is 1.09 bits per heavy atom. The van der Waals surface area contributed by atoms with Crippen LogP contribution in [0.5, 0.6) is 5.75 Å². The fraction of sp³-hybridized carbons (Fsp3) is 0.231. The molecule has 1 amide bonds. The Morgan fingerprint density at radius 2 is 1.89 bits per heavy atom. The number of hydrogen-bond acceptors (Lipinski definition) is 7. The van der Waals surface area contributed by atoms with Crippen molar-refractivity contribution in [3.63, 3.8) is 0 Å². The van der Waals surface area contributed by atoms with Crippen molar-refractivity contribution in [2.75, 3.05) is 12.9 Å². The van der Waals surface area contributed by atoms with Crippen LogP contribution in [0.3, 0.4) is 0 Å². The lowest BCUT2D eigenvalue weighted by Crippen LogP contribution is -2.28. The maximum atomic E-state index is 13.4. The van der Waals surface area contributed by atoms with Crippen molar-refractivity contribution >= 4 is 23.4 Å². The number of rotatable bonds is 7. The summed E-state index contributed by atoms with van der Waals surface area (Å²) in [7, 11) is 1.63.